The van der Waals surface area contributed by atoms with Gasteiger partial charge in [-0.2, -0.15) is 0 Å². The number of hydrogen-bond donors (Lipinski definition) is 1. The smallest absolute Gasteiger partial charge is 0.0576 e. The molecule has 0 amide bonds. The van der Waals surface area contributed by atoms with Crippen molar-refractivity contribution in [1.29, 1.82) is 0 Å². The Labute approximate surface area is 95.4 Å². The number of nitrogens with two attached hydrogens (primary N) is 1. The van der Waals surface area contributed by atoms with Crippen molar-refractivity contribution in [3.63, 3.8) is 0 Å². The van der Waals surface area contributed by atoms with Crippen LogP contribution in [0.25, 0.3) is 0 Å². The predicted octanol–water partition coefficient (Wildman–Crippen LogP) is 3.02. The van der Waals surface area contributed by atoms with E-state index in [9.17, 15) is 0 Å². The molecule has 2 atom stereocenters. The summed E-state index contributed by atoms with van der Waals surface area (Å²) in [5.41, 5.74) is 7.49. The van der Waals surface area contributed by atoms with Crippen LogP contribution in [0.3, 0.4) is 0 Å². The summed E-state index contributed by atoms with van der Waals surface area (Å²) >= 11 is 1.78. The molecule has 3 heteroatoms. The maximum Gasteiger partial charge on any atom is 0.0576 e. The van der Waals surface area contributed by atoms with Gasteiger partial charge in [0.25, 0.3) is 0 Å². The average molecular weight is 225 g/mol. The highest BCUT2D eigenvalue weighted by molar-refractivity contribution is 7.10. The Bertz CT molecular complexity index is 304. The maximum atomic E-state index is 6.17. The van der Waals surface area contributed by atoms with Gasteiger partial charge in [0.1, 0.15) is 0 Å². The van der Waals surface area contributed by atoms with Gasteiger partial charge in [-0.05, 0) is 49.6 Å². The molecule has 1 saturated heterocycles. The summed E-state index contributed by atoms with van der Waals surface area (Å²) in [6, 6.07) is 2.35. The second-order valence-electron chi connectivity index (χ2n) is 4.25. The van der Waals surface area contributed by atoms with Crippen LogP contribution in [0.5, 0.6) is 0 Å². The molecule has 1 aliphatic rings. The molecule has 2 rings (SSSR count). The van der Waals surface area contributed by atoms with Crippen LogP contribution in [0, 0.1) is 6.92 Å². The van der Waals surface area contributed by atoms with E-state index in [-0.39, 0.29) is 6.04 Å². The Morgan fingerprint density at radius 1 is 1.67 bits per heavy atom. The van der Waals surface area contributed by atoms with Crippen molar-refractivity contribution in [3.8, 4) is 0 Å². The molecule has 1 aromatic heterocycles. The second-order valence-corrected chi connectivity index (χ2v) is 5.37. The van der Waals surface area contributed by atoms with Crippen LogP contribution < -0.4 is 5.73 Å². The van der Waals surface area contributed by atoms with Crippen molar-refractivity contribution in [2.75, 3.05) is 6.61 Å². The largest absolute Gasteiger partial charge is 0.378 e. The highest BCUT2D eigenvalue weighted by atomic mass is 32.1. The van der Waals surface area contributed by atoms with Gasteiger partial charge in [0.15, 0.2) is 0 Å². The van der Waals surface area contributed by atoms with E-state index in [2.05, 4.69) is 18.4 Å². The molecule has 1 aliphatic heterocycles. The Kier molecular flexibility index (Phi) is 3.78. The van der Waals surface area contributed by atoms with Gasteiger partial charge >= 0.3 is 0 Å². The lowest BCUT2D eigenvalue weighted by Crippen LogP contribution is -2.14. The molecule has 2 N–H and O–H groups in total. The van der Waals surface area contributed by atoms with E-state index in [0.29, 0.717) is 6.10 Å². The van der Waals surface area contributed by atoms with E-state index in [1.54, 1.807) is 11.3 Å². The van der Waals surface area contributed by atoms with Gasteiger partial charge in [0, 0.05) is 17.5 Å². The lowest BCUT2D eigenvalue weighted by atomic mass is 10.0. The standard InChI is InChI=1S/C12H19NOS/c1-9-11(6-8-15-9)12(13)5-4-10-3-2-7-14-10/h6,8,10,12H,2-5,7,13H2,1H3. The lowest BCUT2D eigenvalue weighted by molar-refractivity contribution is 0.101. The first-order chi connectivity index (χ1) is 7.27. The number of thiophene rings is 1. The normalized spacial score (nSPS) is 23.2. The molecule has 2 unspecified atom stereocenters. The molecule has 1 fully saturated rings. The highest BCUT2D eigenvalue weighted by Crippen LogP contribution is 2.26. The van der Waals surface area contributed by atoms with Gasteiger partial charge in [-0.25, -0.2) is 0 Å². The summed E-state index contributed by atoms with van der Waals surface area (Å²) in [6.45, 7) is 3.09. The molecule has 0 aromatic carbocycles. The molecule has 15 heavy (non-hydrogen) atoms. The van der Waals surface area contributed by atoms with Crippen molar-refractivity contribution >= 4 is 11.3 Å². The van der Waals surface area contributed by atoms with E-state index in [1.807, 2.05) is 0 Å². The first-order valence-corrected chi connectivity index (χ1v) is 6.56. The SMILES string of the molecule is Cc1sccc1C(N)CCC1CCCO1. The number of aryl methyl sites for hydroxylation is 1. The Morgan fingerprint density at radius 3 is 3.13 bits per heavy atom. The fraction of sp³-hybridized carbons (Fsp3) is 0.667. The number of ether oxygens (including phenoxy) is 1. The van der Waals surface area contributed by atoms with Crippen LogP contribution in [-0.4, -0.2) is 12.7 Å². The summed E-state index contributed by atoms with van der Waals surface area (Å²) in [7, 11) is 0. The molecule has 84 valence electrons. The summed E-state index contributed by atoms with van der Waals surface area (Å²) in [4.78, 5) is 1.36. The second kappa shape index (κ2) is 5.10. The van der Waals surface area contributed by atoms with E-state index < -0.39 is 0 Å². The van der Waals surface area contributed by atoms with E-state index in [4.69, 9.17) is 10.5 Å². The van der Waals surface area contributed by atoms with Crippen molar-refractivity contribution in [3.05, 3.63) is 21.9 Å². The summed E-state index contributed by atoms with van der Waals surface area (Å²) in [6.07, 6.45) is 5.06. The third kappa shape index (κ3) is 2.80. The van der Waals surface area contributed by atoms with Gasteiger partial charge < -0.3 is 10.5 Å². The third-order valence-electron chi connectivity index (χ3n) is 3.12. The van der Waals surface area contributed by atoms with Gasteiger partial charge in [0.2, 0.25) is 0 Å². The van der Waals surface area contributed by atoms with Crippen molar-refractivity contribution < 1.29 is 4.74 Å². The van der Waals surface area contributed by atoms with Crippen LogP contribution in [0.4, 0.5) is 0 Å². The molecule has 2 heterocycles. The van der Waals surface area contributed by atoms with Crippen LogP contribution >= 0.6 is 11.3 Å². The Morgan fingerprint density at radius 2 is 2.53 bits per heavy atom. The number of hydrogen-bond acceptors (Lipinski definition) is 3. The van der Waals surface area contributed by atoms with Gasteiger partial charge in [-0.1, -0.05) is 0 Å². The quantitative estimate of drug-likeness (QED) is 0.855. The summed E-state index contributed by atoms with van der Waals surface area (Å²) in [5, 5.41) is 2.12. The summed E-state index contributed by atoms with van der Waals surface area (Å²) < 4.78 is 5.60. The minimum absolute atomic E-state index is 0.195. The lowest BCUT2D eigenvalue weighted by Gasteiger charge is -2.14. The summed E-state index contributed by atoms with van der Waals surface area (Å²) in [5.74, 6) is 0. The Hall–Kier alpha value is -0.380. The molecule has 0 aliphatic carbocycles. The first kappa shape index (κ1) is 11.1. The zero-order valence-corrected chi connectivity index (χ0v) is 10.1. The van der Waals surface area contributed by atoms with Crippen molar-refractivity contribution in [1.82, 2.24) is 0 Å². The van der Waals surface area contributed by atoms with Gasteiger partial charge in [-0.15, -0.1) is 11.3 Å². The monoisotopic (exact) mass is 225 g/mol. The minimum atomic E-state index is 0.195. The van der Waals surface area contributed by atoms with Crippen LogP contribution in [0.1, 0.15) is 42.2 Å². The Balaban J connectivity index is 1.81. The molecule has 0 radical (unpaired) electrons. The molecular weight excluding hydrogens is 206 g/mol. The minimum Gasteiger partial charge on any atom is -0.378 e. The van der Waals surface area contributed by atoms with Crippen molar-refractivity contribution in [2.24, 2.45) is 5.73 Å². The van der Waals surface area contributed by atoms with Crippen LogP contribution in [0.2, 0.25) is 0 Å². The fourth-order valence-corrected chi connectivity index (χ4v) is 2.95. The molecular formula is C12H19NOS. The van der Waals surface area contributed by atoms with Crippen molar-refractivity contribution in [2.45, 2.75) is 44.8 Å². The molecule has 1 aromatic rings. The van der Waals surface area contributed by atoms with Gasteiger partial charge in [0.05, 0.1) is 6.10 Å². The maximum absolute atomic E-state index is 6.17. The fourth-order valence-electron chi connectivity index (χ4n) is 2.17. The third-order valence-corrected chi connectivity index (χ3v) is 3.98. The zero-order valence-electron chi connectivity index (χ0n) is 9.24. The van der Waals surface area contributed by atoms with E-state index in [0.717, 1.165) is 19.4 Å². The van der Waals surface area contributed by atoms with E-state index >= 15 is 0 Å². The zero-order chi connectivity index (χ0) is 10.7. The predicted molar refractivity (Wildman–Crippen MR) is 64.2 cm³/mol. The number of rotatable bonds is 4. The first-order valence-electron chi connectivity index (χ1n) is 5.68. The topological polar surface area (TPSA) is 35.2 Å². The van der Waals surface area contributed by atoms with Gasteiger partial charge in [-0.3, -0.25) is 0 Å². The highest BCUT2D eigenvalue weighted by Gasteiger charge is 2.17. The molecule has 0 bridgehead atoms. The van der Waals surface area contributed by atoms with E-state index in [1.165, 1.54) is 23.3 Å². The molecule has 2 nitrogen and oxygen atoms in total. The average Bonchev–Trinajstić information content (AvgIpc) is 2.84. The molecule has 0 saturated carbocycles. The van der Waals surface area contributed by atoms with Crippen LogP contribution in [-0.2, 0) is 4.74 Å². The molecule has 0 spiro atoms. The van der Waals surface area contributed by atoms with Crippen LogP contribution in [0.15, 0.2) is 11.4 Å².